The number of fused-ring (bicyclic) bond motifs is 2. The second-order valence-corrected chi connectivity index (χ2v) is 19.8. The number of nitrogens with one attached hydrogen (secondary N) is 2. The molecule has 62 heavy (non-hydrogen) atoms. The summed E-state index contributed by atoms with van der Waals surface area (Å²) >= 11 is 6.24. The number of hydrogen-bond acceptors (Lipinski definition) is 11. The minimum atomic E-state index is -4.61. The van der Waals surface area contributed by atoms with E-state index in [4.69, 9.17) is 21.1 Å². The Hall–Kier alpha value is -5.48. The van der Waals surface area contributed by atoms with E-state index in [1.165, 1.54) is 29.0 Å². The van der Waals surface area contributed by atoms with Crippen molar-refractivity contribution >= 4 is 55.5 Å². The molecule has 1 aliphatic carbocycles. The van der Waals surface area contributed by atoms with E-state index in [2.05, 4.69) is 50.5 Å². The SMILES string of the molecule is CN(C)CC[C@@H]1COc2cc(S(=O)(=O)NC(=O)c3ccc(N4CCN(CC5=C(c6ccc(Cl)cc6)CC(C)(C)CC5)CC4)cc3Oc3cnc4[nH]ccc4c3)cc([N+](=O)[O-])c2C1. The third kappa shape index (κ3) is 9.76. The fourth-order valence-electron chi connectivity index (χ4n) is 8.66. The zero-order chi connectivity index (χ0) is 43.8. The van der Waals surface area contributed by atoms with Gasteiger partial charge < -0.3 is 24.3 Å². The Labute approximate surface area is 367 Å². The molecule has 1 atom stereocenters. The number of carbonyl (C=O) groups is 1. The Kier molecular flexibility index (Phi) is 12.3. The number of ether oxygens (including phenoxy) is 2. The molecular weight excluding hydrogens is 830 g/mol. The van der Waals surface area contributed by atoms with Crippen LogP contribution >= 0.6 is 11.6 Å². The molecule has 1 amide bonds. The molecule has 4 heterocycles. The maximum atomic E-state index is 14.0. The summed E-state index contributed by atoms with van der Waals surface area (Å²) in [5, 5.41) is 13.8. The number of aromatic amines is 1. The van der Waals surface area contributed by atoms with Gasteiger partial charge in [-0.3, -0.25) is 19.8 Å². The van der Waals surface area contributed by atoms with Gasteiger partial charge >= 0.3 is 0 Å². The number of halogens is 1. The van der Waals surface area contributed by atoms with E-state index in [-0.39, 0.29) is 34.1 Å². The number of carbonyl (C=O) groups excluding carboxylic acids is 1. The van der Waals surface area contributed by atoms with E-state index in [0.717, 1.165) is 87.1 Å². The molecule has 0 spiro atoms. The van der Waals surface area contributed by atoms with E-state index in [1.54, 1.807) is 30.5 Å². The Morgan fingerprint density at radius 2 is 1.85 bits per heavy atom. The number of benzene rings is 3. The van der Waals surface area contributed by atoms with Gasteiger partial charge in [-0.25, -0.2) is 18.1 Å². The first-order valence-corrected chi connectivity index (χ1v) is 22.8. The Balaban J connectivity index is 1.02. The molecule has 2 aliphatic heterocycles. The number of piperazine rings is 1. The molecule has 5 aromatic rings. The monoisotopic (exact) mass is 881 g/mol. The number of rotatable bonds is 13. The van der Waals surface area contributed by atoms with Gasteiger partial charge in [0.05, 0.1) is 33.7 Å². The number of sulfonamides is 1. The lowest BCUT2D eigenvalue weighted by molar-refractivity contribution is -0.386. The molecule has 8 rings (SSSR count). The van der Waals surface area contributed by atoms with Crippen LogP contribution in [0.3, 0.4) is 0 Å². The molecule has 326 valence electrons. The van der Waals surface area contributed by atoms with Gasteiger partial charge in [0.25, 0.3) is 21.6 Å². The first-order chi connectivity index (χ1) is 29.6. The van der Waals surface area contributed by atoms with Crippen molar-refractivity contribution in [1.82, 2.24) is 24.5 Å². The molecule has 0 bridgehead atoms. The van der Waals surface area contributed by atoms with Crippen molar-refractivity contribution in [1.29, 1.82) is 0 Å². The summed E-state index contributed by atoms with van der Waals surface area (Å²) in [7, 11) is -0.709. The number of aromatic nitrogens is 2. The number of amides is 1. The second-order valence-electron chi connectivity index (χ2n) is 17.6. The van der Waals surface area contributed by atoms with Crippen molar-refractivity contribution in [3.05, 3.63) is 117 Å². The number of pyridine rings is 1. The summed E-state index contributed by atoms with van der Waals surface area (Å²) < 4.78 is 42.1. The highest BCUT2D eigenvalue weighted by molar-refractivity contribution is 7.90. The molecule has 3 aliphatic rings. The van der Waals surface area contributed by atoms with Crippen LogP contribution in [0.4, 0.5) is 11.4 Å². The normalized spacial score (nSPS) is 18.1. The minimum absolute atomic E-state index is 0.0326. The standard InChI is InChI=1S/C46H52ClN7O7S/c1-46(2)14-11-33(40(26-46)31-5-7-34(47)8-6-31)28-52-17-19-53(20-18-52)35-9-10-38(43(23-35)61-36-22-32-12-15-48-44(32)49-27-36)45(55)50-62(58,59)37-24-41(54(56)57)39-21-30(13-16-51(3)4)29-60-42(39)25-37/h5-10,12,15,22-25,27,30H,11,13-14,16-21,26,28-29H2,1-4H3,(H,48,49)(H,50,55)/t30-/m0/s1. The topological polar surface area (TPSA) is 163 Å². The van der Waals surface area contributed by atoms with Crippen LogP contribution in [0, 0.1) is 21.4 Å². The van der Waals surface area contributed by atoms with Gasteiger partial charge in [-0.1, -0.05) is 43.2 Å². The average Bonchev–Trinajstić information content (AvgIpc) is 3.71. The van der Waals surface area contributed by atoms with E-state index in [0.29, 0.717) is 30.0 Å². The van der Waals surface area contributed by atoms with E-state index in [9.17, 15) is 23.3 Å². The zero-order valence-electron chi connectivity index (χ0n) is 35.4. The van der Waals surface area contributed by atoms with E-state index < -0.39 is 25.7 Å². The third-order valence-corrected chi connectivity index (χ3v) is 13.8. The van der Waals surface area contributed by atoms with Crippen LogP contribution in [-0.2, 0) is 16.4 Å². The molecule has 0 saturated carbocycles. The van der Waals surface area contributed by atoms with Crippen molar-refractivity contribution in [3.63, 3.8) is 0 Å². The highest BCUT2D eigenvalue weighted by Gasteiger charge is 2.33. The smallest absolute Gasteiger partial charge is 0.277 e. The van der Waals surface area contributed by atoms with E-state index >= 15 is 0 Å². The highest BCUT2D eigenvalue weighted by atomic mass is 35.5. The number of H-pyrrole nitrogens is 1. The Morgan fingerprint density at radius 1 is 1.08 bits per heavy atom. The maximum absolute atomic E-state index is 14.0. The second kappa shape index (κ2) is 17.7. The number of allylic oxidation sites excluding steroid dienone is 1. The molecule has 0 radical (unpaired) electrons. The fourth-order valence-corrected chi connectivity index (χ4v) is 9.78. The van der Waals surface area contributed by atoms with Crippen LogP contribution in [0.25, 0.3) is 16.6 Å². The van der Waals surface area contributed by atoms with Gasteiger partial charge in [0, 0.05) is 73.2 Å². The van der Waals surface area contributed by atoms with Gasteiger partial charge in [0.1, 0.15) is 22.9 Å². The molecule has 14 nitrogen and oxygen atoms in total. The van der Waals surface area contributed by atoms with Crippen molar-refractivity contribution in [2.24, 2.45) is 11.3 Å². The number of anilines is 1. The molecule has 16 heteroatoms. The summed E-state index contributed by atoms with van der Waals surface area (Å²) in [4.78, 5) is 39.4. The zero-order valence-corrected chi connectivity index (χ0v) is 37.0. The summed E-state index contributed by atoms with van der Waals surface area (Å²) in [6.07, 6.45) is 7.62. The summed E-state index contributed by atoms with van der Waals surface area (Å²) in [6.45, 7) is 9.70. The maximum Gasteiger partial charge on any atom is 0.277 e. The van der Waals surface area contributed by atoms with Crippen LogP contribution in [0.1, 0.15) is 61.0 Å². The third-order valence-electron chi connectivity index (χ3n) is 12.2. The quantitative estimate of drug-likeness (QED) is 0.0864. The summed E-state index contributed by atoms with van der Waals surface area (Å²) in [6, 6.07) is 19.1. The van der Waals surface area contributed by atoms with Crippen LogP contribution in [0.5, 0.6) is 17.2 Å². The number of nitrogens with zero attached hydrogens (tertiary/aromatic N) is 5. The summed E-state index contributed by atoms with van der Waals surface area (Å²) in [5.74, 6) is -0.332. The predicted octanol–water partition coefficient (Wildman–Crippen LogP) is 8.32. The molecule has 0 unspecified atom stereocenters. The van der Waals surface area contributed by atoms with Crippen LogP contribution in [-0.4, -0.2) is 99.0 Å². The Morgan fingerprint density at radius 3 is 2.60 bits per heavy atom. The van der Waals surface area contributed by atoms with Crippen molar-refractivity contribution in [2.75, 3.05) is 64.9 Å². The minimum Gasteiger partial charge on any atom is -0.493 e. The van der Waals surface area contributed by atoms with Crippen LogP contribution in [0.2, 0.25) is 5.02 Å². The number of nitro groups is 1. The van der Waals surface area contributed by atoms with Crippen molar-refractivity contribution in [2.45, 2.75) is 50.8 Å². The molecule has 2 aromatic heterocycles. The lowest BCUT2D eigenvalue weighted by atomic mass is 9.72. The molecule has 1 saturated heterocycles. The fraction of sp³-hybridized carbons (Fsp3) is 0.391. The highest BCUT2D eigenvalue weighted by Crippen LogP contribution is 2.44. The van der Waals surface area contributed by atoms with Gasteiger partial charge in [-0.05, 0) is 112 Å². The largest absolute Gasteiger partial charge is 0.493 e. The number of nitro benzene ring substituents is 1. The average molecular weight is 882 g/mol. The summed E-state index contributed by atoms with van der Waals surface area (Å²) in [5.41, 5.74) is 5.73. The Bertz CT molecular complexity index is 2640. The van der Waals surface area contributed by atoms with Crippen LogP contribution in [0.15, 0.2) is 89.6 Å². The van der Waals surface area contributed by atoms with Gasteiger partial charge in [-0.2, -0.15) is 0 Å². The molecule has 1 fully saturated rings. The lowest BCUT2D eigenvalue weighted by Crippen LogP contribution is -2.47. The van der Waals surface area contributed by atoms with Gasteiger partial charge in [0.2, 0.25) is 0 Å². The van der Waals surface area contributed by atoms with Crippen LogP contribution < -0.4 is 19.1 Å². The molecular formula is C46H52ClN7O7S. The van der Waals surface area contributed by atoms with E-state index in [1.807, 2.05) is 37.2 Å². The predicted molar refractivity (Wildman–Crippen MR) is 241 cm³/mol. The van der Waals surface area contributed by atoms with Crippen molar-refractivity contribution in [3.8, 4) is 17.2 Å². The van der Waals surface area contributed by atoms with Gasteiger partial charge in [-0.15, -0.1) is 0 Å². The lowest BCUT2D eigenvalue weighted by Gasteiger charge is -2.39. The first-order valence-electron chi connectivity index (χ1n) is 21.0. The number of hydrogen-bond donors (Lipinski definition) is 2. The first kappa shape index (κ1) is 43.2. The van der Waals surface area contributed by atoms with Gasteiger partial charge in [0.15, 0.2) is 0 Å². The molecule has 3 aromatic carbocycles. The van der Waals surface area contributed by atoms with Crippen molar-refractivity contribution < 1.29 is 27.6 Å². The molecule has 2 N–H and O–H groups in total.